The number of aliphatic carboxylic acids is 3. The van der Waals surface area contributed by atoms with Gasteiger partial charge in [0, 0.05) is 18.8 Å². The average Bonchev–Trinajstić information content (AvgIpc) is 2.78. The van der Waals surface area contributed by atoms with Crippen LogP contribution in [0, 0.1) is 0 Å². The number of carbonyl (C=O) groups excluding carboxylic acids is 1. The molecule has 0 aromatic carbocycles. The first kappa shape index (κ1) is 32.1. The van der Waals surface area contributed by atoms with E-state index in [0.717, 1.165) is 56.3 Å². The van der Waals surface area contributed by atoms with Crippen LogP contribution in [0.3, 0.4) is 0 Å². The topological polar surface area (TPSA) is 115 Å². The zero-order chi connectivity index (χ0) is 25.5. The summed E-state index contributed by atoms with van der Waals surface area (Å²) in [5, 5.41) is 28.7. The van der Waals surface area contributed by atoms with Crippen LogP contribution in [-0.4, -0.2) is 58.8 Å². The maximum atomic E-state index is 10.9. The summed E-state index contributed by atoms with van der Waals surface area (Å²) >= 11 is 0. The highest BCUT2D eigenvalue weighted by molar-refractivity contribution is 5.66. The van der Waals surface area contributed by atoms with Crippen LogP contribution < -0.4 is 5.11 Å². The molecule has 7 heteroatoms. The van der Waals surface area contributed by atoms with Gasteiger partial charge in [-0.05, 0) is 63.9 Å². The molecule has 0 unspecified atom stereocenters. The number of allylic oxidation sites excluding steroid dienone is 1. The molecule has 198 valence electrons. The van der Waals surface area contributed by atoms with Crippen LogP contribution >= 0.6 is 0 Å². The Labute approximate surface area is 206 Å². The first-order valence-corrected chi connectivity index (χ1v) is 13.4. The third kappa shape index (κ3) is 20.7. The second-order valence-corrected chi connectivity index (χ2v) is 9.61. The predicted molar refractivity (Wildman–Crippen MR) is 133 cm³/mol. The highest BCUT2D eigenvalue weighted by Gasteiger charge is 2.25. The number of hydrogen-bond donors (Lipinski definition) is 2. The monoisotopic (exact) mass is 483 g/mol. The van der Waals surface area contributed by atoms with Crippen LogP contribution in [0.4, 0.5) is 0 Å². The molecule has 0 heterocycles. The van der Waals surface area contributed by atoms with Gasteiger partial charge in [-0.15, -0.1) is 0 Å². The van der Waals surface area contributed by atoms with E-state index in [1.165, 1.54) is 44.9 Å². The second kappa shape index (κ2) is 21.6. The summed E-state index contributed by atoms with van der Waals surface area (Å²) in [5.74, 6) is -2.61. The normalized spacial score (nSPS) is 11.8. The SMILES string of the molecule is CCCCCCCCC/C=C/C[N+](CCCCC(=O)[O-])(CCCCC(=O)O)CCCCC(=O)O. The fourth-order valence-corrected chi connectivity index (χ4v) is 4.41. The van der Waals surface area contributed by atoms with Crippen LogP contribution in [0.25, 0.3) is 0 Å². The first-order chi connectivity index (χ1) is 16.3. The molecular formula is C27H49NO6. The van der Waals surface area contributed by atoms with Gasteiger partial charge in [0.1, 0.15) is 0 Å². The lowest BCUT2D eigenvalue weighted by molar-refractivity contribution is -0.923. The minimum Gasteiger partial charge on any atom is -0.550 e. The van der Waals surface area contributed by atoms with Gasteiger partial charge in [0.25, 0.3) is 0 Å². The molecule has 0 amide bonds. The van der Waals surface area contributed by atoms with E-state index in [2.05, 4.69) is 19.1 Å². The third-order valence-electron chi connectivity index (χ3n) is 6.44. The van der Waals surface area contributed by atoms with E-state index in [1.807, 2.05) is 0 Å². The molecule has 0 fully saturated rings. The summed E-state index contributed by atoms with van der Waals surface area (Å²) in [6, 6.07) is 0. The van der Waals surface area contributed by atoms with E-state index in [1.54, 1.807) is 0 Å². The average molecular weight is 484 g/mol. The summed E-state index contributed by atoms with van der Waals surface area (Å²) in [7, 11) is 0. The van der Waals surface area contributed by atoms with E-state index in [9.17, 15) is 19.5 Å². The fourth-order valence-electron chi connectivity index (χ4n) is 4.41. The molecule has 0 atom stereocenters. The fraction of sp³-hybridized carbons (Fsp3) is 0.815. The van der Waals surface area contributed by atoms with Crippen LogP contribution in [0.2, 0.25) is 0 Å². The third-order valence-corrected chi connectivity index (χ3v) is 6.44. The lowest BCUT2D eigenvalue weighted by Crippen LogP contribution is -2.50. The van der Waals surface area contributed by atoms with E-state index in [0.29, 0.717) is 19.3 Å². The zero-order valence-corrected chi connectivity index (χ0v) is 21.5. The van der Waals surface area contributed by atoms with Crippen molar-refractivity contribution in [3.05, 3.63) is 12.2 Å². The molecule has 0 aliphatic heterocycles. The number of carboxylic acids is 3. The molecule has 0 bridgehead atoms. The lowest BCUT2D eigenvalue weighted by Gasteiger charge is -2.38. The van der Waals surface area contributed by atoms with Crippen LogP contribution in [-0.2, 0) is 14.4 Å². The van der Waals surface area contributed by atoms with E-state index >= 15 is 0 Å². The molecular weight excluding hydrogens is 434 g/mol. The Morgan fingerprint density at radius 1 is 0.647 bits per heavy atom. The predicted octanol–water partition coefficient (Wildman–Crippen LogP) is 4.93. The summed E-state index contributed by atoms with van der Waals surface area (Å²) in [6.45, 7) is 5.52. The second-order valence-electron chi connectivity index (χ2n) is 9.61. The van der Waals surface area contributed by atoms with Gasteiger partial charge in [-0.2, -0.15) is 0 Å². The molecule has 0 spiro atoms. The molecule has 0 rings (SSSR count). The number of nitrogens with zero attached hydrogens (tertiary/aromatic N) is 1. The molecule has 0 aliphatic carbocycles. The number of rotatable bonds is 25. The smallest absolute Gasteiger partial charge is 0.303 e. The number of quaternary nitrogens is 1. The van der Waals surface area contributed by atoms with Gasteiger partial charge in [0.05, 0.1) is 26.2 Å². The highest BCUT2D eigenvalue weighted by Crippen LogP contribution is 2.17. The lowest BCUT2D eigenvalue weighted by atomic mass is 10.1. The molecule has 34 heavy (non-hydrogen) atoms. The highest BCUT2D eigenvalue weighted by atomic mass is 16.4. The van der Waals surface area contributed by atoms with Gasteiger partial charge in [-0.3, -0.25) is 9.59 Å². The molecule has 0 aromatic rings. The Bertz CT molecular complexity index is 520. The van der Waals surface area contributed by atoms with Crippen molar-refractivity contribution in [2.24, 2.45) is 0 Å². The summed E-state index contributed by atoms with van der Waals surface area (Å²) in [4.78, 5) is 32.6. The maximum Gasteiger partial charge on any atom is 0.303 e. The molecule has 0 saturated heterocycles. The van der Waals surface area contributed by atoms with Gasteiger partial charge < -0.3 is 24.6 Å². The van der Waals surface area contributed by atoms with Crippen LogP contribution in [0.5, 0.6) is 0 Å². The number of carboxylic acid groups (broad SMARTS) is 3. The number of hydrogen-bond acceptors (Lipinski definition) is 4. The van der Waals surface area contributed by atoms with Crippen molar-refractivity contribution in [3.63, 3.8) is 0 Å². The Morgan fingerprint density at radius 3 is 1.59 bits per heavy atom. The van der Waals surface area contributed by atoms with Crippen molar-refractivity contribution in [2.75, 3.05) is 26.2 Å². The van der Waals surface area contributed by atoms with Crippen molar-refractivity contribution in [2.45, 2.75) is 116 Å². The molecule has 0 radical (unpaired) electrons. The molecule has 0 aromatic heterocycles. The minimum absolute atomic E-state index is 0.0477. The van der Waals surface area contributed by atoms with Gasteiger partial charge in [0.15, 0.2) is 0 Å². The Hall–Kier alpha value is -1.89. The van der Waals surface area contributed by atoms with Crippen molar-refractivity contribution in [1.82, 2.24) is 0 Å². The van der Waals surface area contributed by atoms with Gasteiger partial charge in [0.2, 0.25) is 0 Å². The van der Waals surface area contributed by atoms with E-state index < -0.39 is 17.9 Å². The van der Waals surface area contributed by atoms with E-state index in [-0.39, 0.29) is 19.3 Å². The van der Waals surface area contributed by atoms with Gasteiger partial charge in [-0.1, -0.05) is 51.5 Å². The molecule has 2 N–H and O–H groups in total. The van der Waals surface area contributed by atoms with Crippen LogP contribution in [0.15, 0.2) is 12.2 Å². The minimum atomic E-state index is -1.03. The summed E-state index contributed by atoms with van der Waals surface area (Å²) < 4.78 is 0.764. The van der Waals surface area contributed by atoms with Crippen molar-refractivity contribution >= 4 is 17.9 Å². The van der Waals surface area contributed by atoms with Gasteiger partial charge in [-0.25, -0.2) is 0 Å². The summed E-state index contributed by atoms with van der Waals surface area (Å²) in [6.07, 6.45) is 19.0. The Balaban J connectivity index is 4.86. The first-order valence-electron chi connectivity index (χ1n) is 13.4. The molecule has 7 nitrogen and oxygen atoms in total. The Kier molecular flexibility index (Phi) is 20.4. The van der Waals surface area contributed by atoms with Crippen LogP contribution in [0.1, 0.15) is 116 Å². The quantitative estimate of drug-likeness (QED) is 0.108. The van der Waals surface area contributed by atoms with Crippen molar-refractivity contribution in [1.29, 1.82) is 0 Å². The molecule has 0 saturated carbocycles. The standard InChI is InChI=1S/C27H49NO6/c1-2-3-4-5-6-7-8-9-10-14-21-28(22-15-11-18-25(29)30,23-16-12-19-26(31)32)24-17-13-20-27(33)34/h10,14H,2-9,11-13,15-24H2,1H3,(H2-,29,30,31,32,33,34)/b14-10+. The number of carbonyl (C=O) groups is 3. The molecule has 0 aliphatic rings. The zero-order valence-electron chi connectivity index (χ0n) is 21.5. The maximum absolute atomic E-state index is 10.9. The van der Waals surface area contributed by atoms with Crippen molar-refractivity contribution in [3.8, 4) is 0 Å². The summed E-state index contributed by atoms with van der Waals surface area (Å²) in [5.41, 5.74) is 0. The largest absolute Gasteiger partial charge is 0.550 e. The van der Waals surface area contributed by atoms with Gasteiger partial charge >= 0.3 is 11.9 Å². The Morgan fingerprint density at radius 2 is 1.12 bits per heavy atom. The number of unbranched alkanes of at least 4 members (excludes halogenated alkanes) is 10. The van der Waals surface area contributed by atoms with E-state index in [4.69, 9.17) is 10.2 Å². The van der Waals surface area contributed by atoms with Crippen molar-refractivity contribution < 1.29 is 34.2 Å².